The fraction of sp³-hybridized carbons (Fsp3) is 0.467. The van der Waals surface area contributed by atoms with Crippen molar-refractivity contribution >= 4 is 0 Å². The molecule has 0 aromatic carbocycles. The fourth-order valence-electron chi connectivity index (χ4n) is 2.18. The SMILES string of the molecule is CC.Cn1nc(C(F)(F)F)cc1-c1ccn(C2CC2)c(=O)c1. The Balaban J connectivity index is 0.000000847. The standard InChI is InChI=1S/C13H12F3N3O.C2H6/c1-18-10(7-11(17-18)13(14,15)16)8-4-5-19(9-2-3-9)12(20)6-8;1-2/h4-7,9H,2-3H2,1H3;1-2H3. The number of pyridine rings is 1. The summed E-state index contributed by atoms with van der Waals surface area (Å²) >= 11 is 0. The second-order valence-corrected chi connectivity index (χ2v) is 4.93. The van der Waals surface area contributed by atoms with Gasteiger partial charge in [0, 0.05) is 30.9 Å². The van der Waals surface area contributed by atoms with E-state index in [-0.39, 0.29) is 17.3 Å². The molecule has 2 aromatic rings. The number of alkyl halides is 3. The molecule has 1 aliphatic carbocycles. The van der Waals surface area contributed by atoms with Crippen molar-refractivity contribution in [1.82, 2.24) is 14.3 Å². The minimum Gasteiger partial charge on any atom is -0.312 e. The summed E-state index contributed by atoms with van der Waals surface area (Å²) in [4.78, 5) is 11.9. The monoisotopic (exact) mass is 313 g/mol. The molecule has 4 nitrogen and oxygen atoms in total. The summed E-state index contributed by atoms with van der Waals surface area (Å²) in [7, 11) is 1.43. The van der Waals surface area contributed by atoms with Crippen LogP contribution in [0.3, 0.4) is 0 Å². The molecule has 2 aromatic heterocycles. The molecule has 1 fully saturated rings. The van der Waals surface area contributed by atoms with E-state index in [1.807, 2.05) is 13.8 Å². The third kappa shape index (κ3) is 3.23. The molecule has 0 radical (unpaired) electrons. The number of rotatable bonds is 2. The molecule has 0 unspecified atom stereocenters. The van der Waals surface area contributed by atoms with E-state index in [2.05, 4.69) is 5.10 Å². The van der Waals surface area contributed by atoms with Gasteiger partial charge in [-0.15, -0.1) is 0 Å². The lowest BCUT2D eigenvalue weighted by molar-refractivity contribution is -0.141. The van der Waals surface area contributed by atoms with Gasteiger partial charge < -0.3 is 4.57 Å². The molecule has 0 amide bonds. The molecule has 7 heteroatoms. The molecule has 0 saturated heterocycles. The highest BCUT2D eigenvalue weighted by atomic mass is 19.4. The van der Waals surface area contributed by atoms with E-state index in [9.17, 15) is 18.0 Å². The molecule has 0 N–H and O–H groups in total. The van der Waals surface area contributed by atoms with E-state index >= 15 is 0 Å². The van der Waals surface area contributed by atoms with Gasteiger partial charge in [0.2, 0.25) is 0 Å². The number of nitrogens with zero attached hydrogens (tertiary/aromatic N) is 3. The zero-order chi connectivity index (χ0) is 16.5. The van der Waals surface area contributed by atoms with Gasteiger partial charge in [-0.3, -0.25) is 9.48 Å². The number of halogens is 3. The highest BCUT2D eigenvalue weighted by Crippen LogP contribution is 2.34. The van der Waals surface area contributed by atoms with Gasteiger partial charge in [-0.05, 0) is 25.0 Å². The third-order valence-electron chi connectivity index (χ3n) is 3.35. The van der Waals surface area contributed by atoms with Crippen LogP contribution >= 0.6 is 0 Å². The van der Waals surface area contributed by atoms with E-state index in [0.717, 1.165) is 23.6 Å². The fourth-order valence-corrected chi connectivity index (χ4v) is 2.18. The van der Waals surface area contributed by atoms with Crippen molar-refractivity contribution in [3.05, 3.63) is 40.4 Å². The van der Waals surface area contributed by atoms with Gasteiger partial charge in [0.25, 0.3) is 5.56 Å². The lowest BCUT2D eigenvalue weighted by Crippen LogP contribution is -2.17. The number of aryl methyl sites for hydroxylation is 1. The summed E-state index contributed by atoms with van der Waals surface area (Å²) in [6.45, 7) is 4.00. The van der Waals surface area contributed by atoms with Crippen molar-refractivity contribution in [3.8, 4) is 11.3 Å². The Morgan fingerprint density at radius 3 is 2.32 bits per heavy atom. The van der Waals surface area contributed by atoms with Gasteiger partial charge in [0.15, 0.2) is 5.69 Å². The molecular weight excluding hydrogens is 295 g/mol. The average Bonchev–Trinajstić information content (AvgIpc) is 3.22. The summed E-state index contributed by atoms with van der Waals surface area (Å²) in [5.41, 5.74) is -0.434. The molecule has 1 aliphatic rings. The first kappa shape index (κ1) is 16.3. The smallest absolute Gasteiger partial charge is 0.312 e. The summed E-state index contributed by atoms with van der Waals surface area (Å²) in [6, 6.07) is 4.21. The topological polar surface area (TPSA) is 39.8 Å². The van der Waals surface area contributed by atoms with Crippen LogP contribution in [0.4, 0.5) is 13.2 Å². The molecule has 3 rings (SSSR count). The van der Waals surface area contributed by atoms with Crippen molar-refractivity contribution in [1.29, 1.82) is 0 Å². The number of hydrogen-bond acceptors (Lipinski definition) is 2. The van der Waals surface area contributed by atoms with Gasteiger partial charge in [-0.1, -0.05) is 13.8 Å². The minimum absolute atomic E-state index is 0.195. The molecule has 120 valence electrons. The first-order valence-corrected chi connectivity index (χ1v) is 7.20. The van der Waals surface area contributed by atoms with Gasteiger partial charge in [0.05, 0.1) is 5.69 Å². The van der Waals surface area contributed by atoms with Gasteiger partial charge in [0.1, 0.15) is 0 Å². The van der Waals surface area contributed by atoms with Crippen LogP contribution in [0.1, 0.15) is 38.4 Å². The first-order valence-electron chi connectivity index (χ1n) is 7.20. The van der Waals surface area contributed by atoms with E-state index in [1.165, 1.54) is 13.1 Å². The van der Waals surface area contributed by atoms with Crippen LogP contribution in [-0.2, 0) is 13.2 Å². The molecule has 1 saturated carbocycles. The molecule has 22 heavy (non-hydrogen) atoms. The van der Waals surface area contributed by atoms with Gasteiger partial charge in [-0.25, -0.2) is 0 Å². The van der Waals surface area contributed by atoms with Gasteiger partial charge >= 0.3 is 6.18 Å². The van der Waals surface area contributed by atoms with E-state index < -0.39 is 11.9 Å². The zero-order valence-corrected chi connectivity index (χ0v) is 12.7. The lowest BCUT2D eigenvalue weighted by Gasteiger charge is -2.05. The zero-order valence-electron chi connectivity index (χ0n) is 12.7. The molecule has 0 bridgehead atoms. The number of hydrogen-bond donors (Lipinski definition) is 0. The van der Waals surface area contributed by atoms with Crippen LogP contribution in [-0.4, -0.2) is 14.3 Å². The van der Waals surface area contributed by atoms with Crippen molar-refractivity contribution in [3.63, 3.8) is 0 Å². The second kappa shape index (κ2) is 5.98. The van der Waals surface area contributed by atoms with Crippen molar-refractivity contribution < 1.29 is 13.2 Å². The van der Waals surface area contributed by atoms with E-state index in [4.69, 9.17) is 0 Å². The summed E-state index contributed by atoms with van der Waals surface area (Å²) in [5, 5.41) is 3.44. The Kier molecular flexibility index (Phi) is 4.44. The maximum atomic E-state index is 12.6. The predicted octanol–water partition coefficient (Wildman–Crippen LogP) is 3.63. The largest absolute Gasteiger partial charge is 0.435 e. The lowest BCUT2D eigenvalue weighted by atomic mass is 10.2. The highest BCUT2D eigenvalue weighted by molar-refractivity contribution is 5.59. The molecular formula is C15H18F3N3O. The normalized spacial score (nSPS) is 14.5. The van der Waals surface area contributed by atoms with E-state index in [0.29, 0.717) is 5.56 Å². The van der Waals surface area contributed by atoms with Crippen molar-refractivity contribution in [2.45, 2.75) is 38.9 Å². The molecule has 0 aliphatic heterocycles. The average molecular weight is 313 g/mol. The Bertz CT molecular complexity index is 712. The van der Waals surface area contributed by atoms with Crippen LogP contribution in [0.5, 0.6) is 0 Å². The summed E-state index contributed by atoms with van der Waals surface area (Å²) < 4.78 is 40.6. The molecule has 0 atom stereocenters. The summed E-state index contributed by atoms with van der Waals surface area (Å²) in [6.07, 6.45) is -0.902. The van der Waals surface area contributed by atoms with Crippen LogP contribution in [0.2, 0.25) is 0 Å². The van der Waals surface area contributed by atoms with Crippen molar-refractivity contribution in [2.24, 2.45) is 7.05 Å². The maximum Gasteiger partial charge on any atom is 0.435 e. The molecule has 0 spiro atoms. The first-order chi connectivity index (χ1) is 10.4. The third-order valence-corrected chi connectivity index (χ3v) is 3.35. The Morgan fingerprint density at radius 2 is 1.86 bits per heavy atom. The summed E-state index contributed by atoms with van der Waals surface area (Å²) in [5.74, 6) is 0. The Hall–Kier alpha value is -2.05. The van der Waals surface area contributed by atoms with Crippen molar-refractivity contribution in [2.75, 3.05) is 0 Å². The van der Waals surface area contributed by atoms with Gasteiger partial charge in [-0.2, -0.15) is 18.3 Å². The van der Waals surface area contributed by atoms with Crippen LogP contribution < -0.4 is 5.56 Å². The highest BCUT2D eigenvalue weighted by Gasteiger charge is 2.34. The number of aromatic nitrogens is 3. The quantitative estimate of drug-likeness (QED) is 0.849. The van der Waals surface area contributed by atoms with E-state index in [1.54, 1.807) is 16.8 Å². The maximum absolute atomic E-state index is 12.6. The van der Waals surface area contributed by atoms with Crippen LogP contribution in [0.15, 0.2) is 29.2 Å². The second-order valence-electron chi connectivity index (χ2n) is 4.93. The van der Waals surface area contributed by atoms with Crippen LogP contribution in [0.25, 0.3) is 11.3 Å². The minimum atomic E-state index is -4.49. The van der Waals surface area contributed by atoms with Crippen LogP contribution in [0, 0.1) is 0 Å². The Morgan fingerprint density at radius 1 is 1.23 bits per heavy atom. The Labute approximate surface area is 126 Å². The molecule has 2 heterocycles. The predicted molar refractivity (Wildman–Crippen MR) is 77.5 cm³/mol.